The van der Waals surface area contributed by atoms with E-state index in [-0.39, 0.29) is 5.97 Å². The van der Waals surface area contributed by atoms with Gasteiger partial charge in [-0.15, -0.1) is 0 Å². The van der Waals surface area contributed by atoms with Crippen LogP contribution in [0, 0.1) is 5.92 Å². The molecule has 0 fully saturated rings. The molecule has 0 aliphatic heterocycles. The minimum Gasteiger partial charge on any atom is -0.466 e. The van der Waals surface area contributed by atoms with E-state index in [1.807, 2.05) is 6.92 Å². The van der Waals surface area contributed by atoms with Gasteiger partial charge in [-0.05, 0) is 39.0 Å². The van der Waals surface area contributed by atoms with Crippen molar-refractivity contribution in [2.75, 3.05) is 7.11 Å². The highest BCUT2D eigenvalue weighted by atomic mass is 16.5. The second kappa shape index (κ2) is 4.99. The van der Waals surface area contributed by atoms with Gasteiger partial charge in [-0.25, -0.2) is 4.79 Å². The van der Waals surface area contributed by atoms with Gasteiger partial charge in [0.25, 0.3) is 0 Å². The second-order valence-corrected chi connectivity index (χ2v) is 3.93. The highest BCUT2D eigenvalue weighted by Crippen LogP contribution is 2.28. The molecule has 1 aliphatic rings. The van der Waals surface area contributed by atoms with Crippen LogP contribution < -0.4 is 0 Å². The topological polar surface area (TPSA) is 26.3 Å². The summed E-state index contributed by atoms with van der Waals surface area (Å²) in [5.74, 6) is 0.284. The Balaban J connectivity index is 2.58. The maximum absolute atomic E-state index is 11.0. The summed E-state index contributed by atoms with van der Waals surface area (Å²) in [6, 6.07) is 0. The summed E-state index contributed by atoms with van der Waals surface area (Å²) in [7, 11) is 1.41. The second-order valence-electron chi connectivity index (χ2n) is 3.93. The first-order chi connectivity index (χ1) is 6.63. The fourth-order valence-electron chi connectivity index (χ4n) is 1.74. The Morgan fingerprint density at radius 3 is 2.86 bits per heavy atom. The Morgan fingerprint density at radius 1 is 1.64 bits per heavy atom. The van der Waals surface area contributed by atoms with E-state index in [0.717, 1.165) is 24.8 Å². The lowest BCUT2D eigenvalue weighted by atomic mass is 9.85. The molecule has 0 saturated heterocycles. The minimum absolute atomic E-state index is 0.242. The number of esters is 1. The first kappa shape index (κ1) is 11.0. The highest BCUT2D eigenvalue weighted by Gasteiger charge is 2.14. The van der Waals surface area contributed by atoms with Gasteiger partial charge >= 0.3 is 5.97 Å². The van der Waals surface area contributed by atoms with Crippen molar-refractivity contribution in [1.82, 2.24) is 0 Å². The van der Waals surface area contributed by atoms with Gasteiger partial charge in [0.15, 0.2) is 0 Å². The average molecular weight is 194 g/mol. The molecule has 78 valence electrons. The third-order valence-electron chi connectivity index (χ3n) is 2.83. The van der Waals surface area contributed by atoms with Crippen LogP contribution in [-0.4, -0.2) is 13.1 Å². The highest BCUT2D eigenvalue weighted by molar-refractivity contribution is 5.82. The summed E-state index contributed by atoms with van der Waals surface area (Å²) in [5.41, 5.74) is 2.60. The Hall–Kier alpha value is -1.05. The van der Waals surface area contributed by atoms with Gasteiger partial charge < -0.3 is 4.74 Å². The number of hydrogen-bond donors (Lipinski definition) is 0. The molecule has 1 unspecified atom stereocenters. The fourth-order valence-corrected chi connectivity index (χ4v) is 1.74. The van der Waals surface area contributed by atoms with Crippen molar-refractivity contribution in [3.8, 4) is 0 Å². The summed E-state index contributed by atoms with van der Waals surface area (Å²) in [5, 5.41) is 0. The predicted octanol–water partition coefficient (Wildman–Crippen LogP) is 2.85. The molecule has 0 amide bonds. The van der Waals surface area contributed by atoms with Crippen LogP contribution in [0.3, 0.4) is 0 Å². The molecule has 0 heterocycles. The van der Waals surface area contributed by atoms with Crippen LogP contribution in [0.4, 0.5) is 0 Å². The van der Waals surface area contributed by atoms with E-state index in [1.54, 1.807) is 6.08 Å². The number of allylic oxidation sites excluding steroid dienone is 3. The van der Waals surface area contributed by atoms with Crippen molar-refractivity contribution < 1.29 is 9.53 Å². The molecule has 0 N–H and O–H groups in total. The van der Waals surface area contributed by atoms with Crippen molar-refractivity contribution in [1.29, 1.82) is 0 Å². The quantitative estimate of drug-likeness (QED) is 0.384. The molecular formula is C12H18O2. The Kier molecular flexibility index (Phi) is 3.93. The number of ether oxygens (including phenoxy) is 1. The summed E-state index contributed by atoms with van der Waals surface area (Å²) >= 11 is 0. The van der Waals surface area contributed by atoms with Crippen molar-refractivity contribution in [3.63, 3.8) is 0 Å². The number of carbonyl (C=O) groups excluding carboxylic acids is 1. The van der Waals surface area contributed by atoms with E-state index in [9.17, 15) is 4.79 Å². The van der Waals surface area contributed by atoms with Crippen LogP contribution in [0.2, 0.25) is 0 Å². The van der Waals surface area contributed by atoms with Crippen molar-refractivity contribution in [2.24, 2.45) is 5.92 Å². The molecule has 0 aromatic carbocycles. The average Bonchev–Trinajstić information content (AvgIpc) is 2.18. The van der Waals surface area contributed by atoms with E-state index < -0.39 is 0 Å². The van der Waals surface area contributed by atoms with Crippen molar-refractivity contribution >= 4 is 5.97 Å². The molecule has 1 aliphatic carbocycles. The Bertz CT molecular complexity index is 274. The van der Waals surface area contributed by atoms with E-state index in [2.05, 4.69) is 17.7 Å². The molecule has 14 heavy (non-hydrogen) atoms. The molecule has 0 radical (unpaired) electrons. The zero-order chi connectivity index (χ0) is 10.6. The van der Waals surface area contributed by atoms with E-state index in [1.165, 1.54) is 12.7 Å². The van der Waals surface area contributed by atoms with Gasteiger partial charge in [-0.1, -0.05) is 17.2 Å². The molecule has 1 rings (SSSR count). The molecular weight excluding hydrogens is 176 g/mol. The number of rotatable bonds is 2. The summed E-state index contributed by atoms with van der Waals surface area (Å²) in [6.45, 7) is 4.17. The Morgan fingerprint density at radius 2 is 2.36 bits per heavy atom. The van der Waals surface area contributed by atoms with Gasteiger partial charge in [0.2, 0.25) is 0 Å². The van der Waals surface area contributed by atoms with Gasteiger partial charge in [0.05, 0.1) is 7.11 Å². The van der Waals surface area contributed by atoms with Crippen LogP contribution in [0.15, 0.2) is 23.3 Å². The van der Waals surface area contributed by atoms with Crippen molar-refractivity contribution in [2.45, 2.75) is 33.1 Å². The molecule has 0 aromatic heterocycles. The molecule has 0 aromatic rings. The third-order valence-corrected chi connectivity index (χ3v) is 2.83. The number of hydrogen-bond acceptors (Lipinski definition) is 2. The molecule has 0 bridgehead atoms. The lowest BCUT2D eigenvalue weighted by molar-refractivity contribution is -0.134. The standard InChI is InChI=1S/C12H18O2/c1-9-4-6-11(7-5-9)10(2)8-12(13)14-3/h4,8,11H,5-7H2,1-3H3. The van der Waals surface area contributed by atoms with Crippen molar-refractivity contribution in [3.05, 3.63) is 23.3 Å². The third kappa shape index (κ3) is 3.02. The summed E-state index contributed by atoms with van der Waals surface area (Å²) in [4.78, 5) is 11.0. The molecule has 1 atom stereocenters. The smallest absolute Gasteiger partial charge is 0.330 e. The number of carbonyl (C=O) groups is 1. The van der Waals surface area contributed by atoms with Crippen LogP contribution in [0.25, 0.3) is 0 Å². The number of methoxy groups -OCH3 is 1. The predicted molar refractivity (Wildman–Crippen MR) is 56.9 cm³/mol. The zero-order valence-electron chi connectivity index (χ0n) is 9.17. The lowest BCUT2D eigenvalue weighted by Gasteiger charge is -2.20. The molecule has 2 heteroatoms. The van der Waals surface area contributed by atoms with E-state index in [4.69, 9.17) is 0 Å². The molecule has 0 saturated carbocycles. The summed E-state index contributed by atoms with van der Waals surface area (Å²) in [6.07, 6.45) is 7.24. The van der Waals surface area contributed by atoms with Crippen LogP contribution in [-0.2, 0) is 9.53 Å². The molecule has 2 nitrogen and oxygen atoms in total. The maximum atomic E-state index is 11.0. The lowest BCUT2D eigenvalue weighted by Crippen LogP contribution is -2.08. The van der Waals surface area contributed by atoms with Gasteiger partial charge in [-0.3, -0.25) is 0 Å². The van der Waals surface area contributed by atoms with Crippen LogP contribution in [0.5, 0.6) is 0 Å². The largest absolute Gasteiger partial charge is 0.466 e. The maximum Gasteiger partial charge on any atom is 0.330 e. The van der Waals surface area contributed by atoms with Gasteiger partial charge in [-0.2, -0.15) is 0 Å². The monoisotopic (exact) mass is 194 g/mol. The van der Waals surface area contributed by atoms with Crippen LogP contribution >= 0.6 is 0 Å². The minimum atomic E-state index is -0.242. The normalized spacial score (nSPS) is 22.9. The van der Waals surface area contributed by atoms with E-state index in [0.29, 0.717) is 5.92 Å². The Labute approximate surface area is 85.6 Å². The SMILES string of the molecule is COC(=O)C=C(C)C1CC=C(C)CC1. The van der Waals surface area contributed by atoms with Gasteiger partial charge in [0, 0.05) is 6.08 Å². The molecule has 0 spiro atoms. The van der Waals surface area contributed by atoms with E-state index >= 15 is 0 Å². The first-order valence-corrected chi connectivity index (χ1v) is 5.05. The zero-order valence-corrected chi connectivity index (χ0v) is 9.17. The van der Waals surface area contributed by atoms with Crippen LogP contribution in [0.1, 0.15) is 33.1 Å². The first-order valence-electron chi connectivity index (χ1n) is 5.05. The fraction of sp³-hybridized carbons (Fsp3) is 0.583. The van der Waals surface area contributed by atoms with Gasteiger partial charge in [0.1, 0.15) is 0 Å². The summed E-state index contributed by atoms with van der Waals surface area (Å²) < 4.78 is 4.60.